The van der Waals surface area contributed by atoms with E-state index in [9.17, 15) is 9.36 Å². The molecule has 0 bridgehead atoms. The molecule has 38 heavy (non-hydrogen) atoms. The molecule has 2 heterocycles. The van der Waals surface area contributed by atoms with Crippen LogP contribution in [0.3, 0.4) is 0 Å². The van der Waals surface area contributed by atoms with E-state index in [4.69, 9.17) is 30.0 Å². The number of benzene rings is 2. The molecular formula is C28H35ClN3O5P. The SMILES string of the molecule is CCOP(=O)(Cc1ccc(NC(=O)CCCc2oc(N3CCCC3)nc2-c2ccc(Cl)cc2)cc1)OCC. The zero-order valence-corrected chi connectivity index (χ0v) is 23.6. The molecule has 0 spiro atoms. The number of aryl methyl sites for hydroxylation is 1. The molecule has 204 valence electrons. The summed E-state index contributed by atoms with van der Waals surface area (Å²) in [5.74, 6) is 0.693. The number of oxazole rings is 1. The maximum Gasteiger partial charge on any atom is 0.335 e. The summed E-state index contributed by atoms with van der Waals surface area (Å²) in [6.07, 6.45) is 4.00. The molecule has 4 rings (SSSR count). The Bertz CT molecular complexity index is 1230. The van der Waals surface area contributed by atoms with Crippen molar-refractivity contribution in [3.05, 3.63) is 64.9 Å². The lowest BCUT2D eigenvalue weighted by Gasteiger charge is -2.17. The van der Waals surface area contributed by atoms with Crippen LogP contribution in [-0.4, -0.2) is 37.2 Å². The van der Waals surface area contributed by atoms with Crippen molar-refractivity contribution < 1.29 is 22.8 Å². The first-order valence-corrected chi connectivity index (χ1v) is 15.3. The van der Waals surface area contributed by atoms with Gasteiger partial charge in [0.1, 0.15) is 11.5 Å². The first-order valence-electron chi connectivity index (χ1n) is 13.2. The Morgan fingerprint density at radius 2 is 1.71 bits per heavy atom. The molecule has 10 heteroatoms. The van der Waals surface area contributed by atoms with E-state index < -0.39 is 7.60 Å². The quantitative estimate of drug-likeness (QED) is 0.219. The summed E-state index contributed by atoms with van der Waals surface area (Å²) in [6.45, 7) is 6.10. The second-order valence-electron chi connectivity index (χ2n) is 9.17. The van der Waals surface area contributed by atoms with E-state index in [1.165, 1.54) is 0 Å². The summed E-state index contributed by atoms with van der Waals surface area (Å²) in [4.78, 5) is 19.6. The molecule has 1 aromatic heterocycles. The van der Waals surface area contributed by atoms with E-state index >= 15 is 0 Å². The van der Waals surface area contributed by atoms with Crippen LogP contribution in [0.2, 0.25) is 5.02 Å². The predicted molar refractivity (Wildman–Crippen MR) is 151 cm³/mol. The molecule has 1 amide bonds. The number of hydrogen-bond donors (Lipinski definition) is 1. The van der Waals surface area contributed by atoms with Gasteiger partial charge in [0.25, 0.3) is 6.01 Å². The number of amides is 1. The van der Waals surface area contributed by atoms with Crippen LogP contribution >= 0.6 is 19.2 Å². The fourth-order valence-electron chi connectivity index (χ4n) is 4.46. The van der Waals surface area contributed by atoms with Gasteiger partial charge in [0.2, 0.25) is 5.91 Å². The second-order valence-corrected chi connectivity index (χ2v) is 11.7. The van der Waals surface area contributed by atoms with Crippen molar-refractivity contribution in [1.29, 1.82) is 0 Å². The highest BCUT2D eigenvalue weighted by Gasteiger charge is 2.24. The van der Waals surface area contributed by atoms with Gasteiger partial charge in [-0.15, -0.1) is 0 Å². The predicted octanol–water partition coefficient (Wildman–Crippen LogP) is 7.32. The summed E-state index contributed by atoms with van der Waals surface area (Å²) in [7, 11) is -3.17. The normalized spacial score (nSPS) is 13.7. The van der Waals surface area contributed by atoms with Gasteiger partial charge < -0.3 is 23.7 Å². The monoisotopic (exact) mass is 559 g/mol. The number of nitrogens with one attached hydrogen (secondary N) is 1. The summed E-state index contributed by atoms with van der Waals surface area (Å²) in [6, 6.07) is 15.5. The second kappa shape index (κ2) is 13.4. The number of anilines is 2. The highest BCUT2D eigenvalue weighted by atomic mass is 35.5. The molecule has 0 aliphatic carbocycles. The van der Waals surface area contributed by atoms with Gasteiger partial charge in [-0.3, -0.25) is 9.36 Å². The van der Waals surface area contributed by atoms with Crippen molar-refractivity contribution in [1.82, 2.24) is 4.98 Å². The summed E-state index contributed by atoms with van der Waals surface area (Å²) >= 11 is 6.07. The van der Waals surface area contributed by atoms with E-state index in [2.05, 4.69) is 10.2 Å². The van der Waals surface area contributed by atoms with Crippen LogP contribution in [0.15, 0.2) is 52.9 Å². The van der Waals surface area contributed by atoms with Gasteiger partial charge in [0.15, 0.2) is 0 Å². The van der Waals surface area contributed by atoms with Crippen LogP contribution in [0, 0.1) is 0 Å². The molecule has 0 unspecified atom stereocenters. The van der Waals surface area contributed by atoms with Gasteiger partial charge in [-0.25, -0.2) is 0 Å². The van der Waals surface area contributed by atoms with Crippen molar-refractivity contribution in [3.8, 4) is 11.3 Å². The topological polar surface area (TPSA) is 93.9 Å². The molecule has 8 nitrogen and oxygen atoms in total. The van der Waals surface area contributed by atoms with Gasteiger partial charge in [0.05, 0.1) is 19.4 Å². The highest BCUT2D eigenvalue weighted by molar-refractivity contribution is 7.53. The number of aromatic nitrogens is 1. The molecule has 2 aromatic carbocycles. The third-order valence-electron chi connectivity index (χ3n) is 6.25. The lowest BCUT2D eigenvalue weighted by molar-refractivity contribution is -0.116. The average Bonchev–Trinajstić information content (AvgIpc) is 3.57. The summed E-state index contributed by atoms with van der Waals surface area (Å²) in [5.41, 5.74) is 3.25. The van der Waals surface area contributed by atoms with Crippen LogP contribution in [0.1, 0.15) is 50.9 Å². The lowest BCUT2D eigenvalue weighted by atomic mass is 10.1. The standard InChI is InChI=1S/C28H35ClN3O5P/c1-3-35-38(34,36-4-2)20-21-10-16-24(17-11-21)30-26(33)9-7-8-25-27(22-12-14-23(29)15-13-22)31-28(37-25)32-18-5-6-19-32/h10-17H,3-9,18-20H2,1-2H3,(H,30,33). The van der Waals surface area contributed by atoms with E-state index in [1.807, 2.05) is 36.4 Å². The van der Waals surface area contributed by atoms with Crippen molar-refractivity contribution >= 4 is 36.8 Å². The Labute approximate surface area is 229 Å². The maximum absolute atomic E-state index is 12.8. The molecule has 1 fully saturated rings. The third-order valence-corrected chi connectivity index (χ3v) is 8.56. The van der Waals surface area contributed by atoms with Crippen molar-refractivity contribution in [2.24, 2.45) is 0 Å². The minimum Gasteiger partial charge on any atom is -0.428 e. The van der Waals surface area contributed by atoms with Crippen LogP contribution < -0.4 is 10.2 Å². The fourth-order valence-corrected chi connectivity index (χ4v) is 6.29. The number of carbonyl (C=O) groups excluding carboxylic acids is 1. The van der Waals surface area contributed by atoms with Crippen molar-refractivity contribution in [2.45, 2.75) is 52.1 Å². The Morgan fingerprint density at radius 3 is 2.34 bits per heavy atom. The average molecular weight is 560 g/mol. The molecule has 0 atom stereocenters. The number of halogens is 1. The minimum absolute atomic E-state index is 0.0839. The zero-order valence-electron chi connectivity index (χ0n) is 22.0. The molecule has 1 N–H and O–H groups in total. The Hall–Kier alpha value is -2.64. The van der Waals surface area contributed by atoms with Gasteiger partial charge in [-0.1, -0.05) is 35.9 Å². The molecule has 1 aliphatic rings. The van der Waals surface area contributed by atoms with Crippen molar-refractivity contribution in [2.75, 3.05) is 36.5 Å². The maximum atomic E-state index is 12.8. The third kappa shape index (κ3) is 7.70. The molecule has 1 saturated heterocycles. The van der Waals surface area contributed by atoms with Gasteiger partial charge >= 0.3 is 7.60 Å². The van der Waals surface area contributed by atoms with Gasteiger partial charge in [0, 0.05) is 42.2 Å². The van der Waals surface area contributed by atoms with Crippen LogP contribution in [-0.2, 0) is 31.0 Å². The Morgan fingerprint density at radius 1 is 1.05 bits per heavy atom. The smallest absolute Gasteiger partial charge is 0.335 e. The van der Waals surface area contributed by atoms with E-state index in [0.29, 0.717) is 49.2 Å². The number of rotatable bonds is 13. The van der Waals surface area contributed by atoms with Gasteiger partial charge in [-0.2, -0.15) is 4.98 Å². The zero-order chi connectivity index (χ0) is 27.0. The minimum atomic E-state index is -3.17. The van der Waals surface area contributed by atoms with Crippen molar-refractivity contribution in [3.63, 3.8) is 0 Å². The Kier molecular flexibility index (Phi) is 10.0. The number of hydrogen-bond acceptors (Lipinski definition) is 7. The first kappa shape index (κ1) is 28.4. The van der Waals surface area contributed by atoms with E-state index in [-0.39, 0.29) is 12.1 Å². The number of carbonyl (C=O) groups is 1. The molecular weight excluding hydrogens is 525 g/mol. The van der Waals surface area contributed by atoms with Crippen LogP contribution in [0.4, 0.5) is 11.7 Å². The molecule has 3 aromatic rings. The van der Waals surface area contributed by atoms with Crippen LogP contribution in [0.5, 0.6) is 0 Å². The summed E-state index contributed by atoms with van der Waals surface area (Å²) < 4.78 is 29.7. The largest absolute Gasteiger partial charge is 0.428 e. The first-order chi connectivity index (χ1) is 18.4. The number of nitrogens with zero attached hydrogens (tertiary/aromatic N) is 2. The molecule has 0 saturated carbocycles. The summed E-state index contributed by atoms with van der Waals surface area (Å²) in [5, 5.41) is 3.60. The van der Waals surface area contributed by atoms with E-state index in [0.717, 1.165) is 48.5 Å². The van der Waals surface area contributed by atoms with Crippen LogP contribution in [0.25, 0.3) is 11.3 Å². The van der Waals surface area contributed by atoms with E-state index in [1.54, 1.807) is 26.0 Å². The Balaban J connectivity index is 1.34. The highest BCUT2D eigenvalue weighted by Crippen LogP contribution is 2.51. The fraction of sp³-hybridized carbons (Fsp3) is 0.429. The molecule has 0 radical (unpaired) electrons. The lowest BCUT2D eigenvalue weighted by Crippen LogP contribution is -2.17. The van der Waals surface area contributed by atoms with Gasteiger partial charge in [-0.05, 0) is 62.9 Å². The molecule has 1 aliphatic heterocycles.